The zero-order valence-electron chi connectivity index (χ0n) is 8.76. The smallest absolute Gasteiger partial charge is 0.340 e. The van der Waals surface area contributed by atoms with Crippen LogP contribution in [0.1, 0.15) is 13.8 Å². The van der Waals surface area contributed by atoms with Gasteiger partial charge in [0.05, 0.1) is 13.2 Å². The Kier molecular flexibility index (Phi) is 7.18. The monoisotopic (exact) mass is 224 g/mol. The van der Waals surface area contributed by atoms with Gasteiger partial charge in [-0.15, -0.1) is 0 Å². The minimum atomic E-state index is -2.18. The van der Waals surface area contributed by atoms with Crippen LogP contribution in [-0.2, 0) is 24.3 Å². The summed E-state index contributed by atoms with van der Waals surface area (Å²) in [5.41, 5.74) is -2.18. The molecule has 0 radical (unpaired) electrons. The number of rotatable bonds is 9. The summed E-state index contributed by atoms with van der Waals surface area (Å²) in [6, 6.07) is 0. The van der Waals surface area contributed by atoms with Gasteiger partial charge in [0.15, 0.2) is 0 Å². The highest BCUT2D eigenvalue weighted by Crippen LogP contribution is 2.07. The molecule has 0 fully saturated rings. The zero-order chi connectivity index (χ0) is 11.7. The molecule has 15 heavy (non-hydrogen) atoms. The fourth-order valence-corrected chi connectivity index (χ4v) is 0.610. The van der Waals surface area contributed by atoms with Crippen molar-refractivity contribution in [1.29, 1.82) is 0 Å². The van der Waals surface area contributed by atoms with E-state index < -0.39 is 24.8 Å². The normalized spacial score (nSPS) is 11.7. The van der Waals surface area contributed by atoms with E-state index >= 15 is 0 Å². The second-order valence-electron chi connectivity index (χ2n) is 2.67. The van der Waals surface area contributed by atoms with E-state index in [0.717, 1.165) is 0 Å². The summed E-state index contributed by atoms with van der Waals surface area (Å²) in [7, 11) is 0. The van der Waals surface area contributed by atoms with Crippen LogP contribution >= 0.6 is 0 Å². The maximum absolute atomic E-state index is 10.7. The molecule has 0 aliphatic carbocycles. The molecular formula is C8H16O7. The standard InChI is InChI=1S/C8H16O7/c1-3-12-14-5-8(11,7(9)10)6-15-13-4-2/h11H,3-6H2,1-2H3,(H,9,10). The van der Waals surface area contributed by atoms with Crippen LogP contribution in [0.25, 0.3) is 0 Å². The van der Waals surface area contributed by atoms with Gasteiger partial charge in [-0.3, -0.25) is 0 Å². The average Bonchev–Trinajstić information content (AvgIpc) is 2.18. The number of carboxylic acids is 1. The van der Waals surface area contributed by atoms with Gasteiger partial charge < -0.3 is 10.2 Å². The lowest BCUT2D eigenvalue weighted by Gasteiger charge is -2.21. The van der Waals surface area contributed by atoms with Crippen LogP contribution < -0.4 is 0 Å². The topological polar surface area (TPSA) is 94.5 Å². The van der Waals surface area contributed by atoms with E-state index in [1.165, 1.54) is 0 Å². The molecule has 0 unspecified atom stereocenters. The van der Waals surface area contributed by atoms with Crippen molar-refractivity contribution in [3.05, 3.63) is 0 Å². The predicted molar refractivity (Wildman–Crippen MR) is 47.7 cm³/mol. The van der Waals surface area contributed by atoms with Crippen LogP contribution in [0.3, 0.4) is 0 Å². The molecule has 0 aromatic heterocycles. The van der Waals surface area contributed by atoms with Gasteiger partial charge in [0.25, 0.3) is 0 Å². The van der Waals surface area contributed by atoms with Gasteiger partial charge in [-0.25, -0.2) is 24.3 Å². The molecule has 0 spiro atoms. The van der Waals surface area contributed by atoms with E-state index in [1.807, 2.05) is 0 Å². The molecule has 0 amide bonds. The Hall–Kier alpha value is -0.730. The summed E-state index contributed by atoms with van der Waals surface area (Å²) < 4.78 is 0. The summed E-state index contributed by atoms with van der Waals surface area (Å²) in [6.45, 7) is 2.75. The molecule has 2 N–H and O–H groups in total. The fraction of sp³-hybridized carbons (Fsp3) is 0.875. The highest BCUT2D eigenvalue weighted by molar-refractivity contribution is 5.77. The van der Waals surface area contributed by atoms with Crippen LogP contribution in [0.2, 0.25) is 0 Å². The Morgan fingerprint density at radius 3 is 1.73 bits per heavy atom. The van der Waals surface area contributed by atoms with Crippen LogP contribution in [0.15, 0.2) is 0 Å². The highest BCUT2D eigenvalue weighted by Gasteiger charge is 2.38. The molecule has 7 heteroatoms. The van der Waals surface area contributed by atoms with Gasteiger partial charge in [0.2, 0.25) is 5.60 Å². The molecule has 0 saturated heterocycles. The number of aliphatic hydroxyl groups is 1. The van der Waals surface area contributed by atoms with Crippen LogP contribution in [0, 0.1) is 0 Å². The van der Waals surface area contributed by atoms with Crippen molar-refractivity contribution in [3.63, 3.8) is 0 Å². The first-order chi connectivity index (χ1) is 7.06. The molecule has 0 bridgehead atoms. The minimum Gasteiger partial charge on any atom is -0.479 e. The third-order valence-electron chi connectivity index (χ3n) is 1.40. The Balaban J connectivity index is 4.01. The van der Waals surface area contributed by atoms with Crippen molar-refractivity contribution in [2.75, 3.05) is 26.4 Å². The van der Waals surface area contributed by atoms with E-state index in [0.29, 0.717) is 0 Å². The van der Waals surface area contributed by atoms with E-state index in [-0.39, 0.29) is 13.2 Å². The molecule has 0 heterocycles. The maximum atomic E-state index is 10.7. The SMILES string of the molecule is CCOOCC(O)(COOCC)C(=O)O. The number of carboxylic acid groups (broad SMARTS) is 1. The van der Waals surface area contributed by atoms with Gasteiger partial charge in [0, 0.05) is 0 Å². The van der Waals surface area contributed by atoms with Crippen LogP contribution in [-0.4, -0.2) is 48.2 Å². The molecule has 90 valence electrons. The van der Waals surface area contributed by atoms with Crippen LogP contribution in [0.5, 0.6) is 0 Å². The second-order valence-corrected chi connectivity index (χ2v) is 2.67. The minimum absolute atomic E-state index is 0.252. The quantitative estimate of drug-likeness (QED) is 0.316. The summed E-state index contributed by atoms with van der Waals surface area (Å²) in [5, 5.41) is 18.2. The maximum Gasteiger partial charge on any atom is 0.340 e. The predicted octanol–water partition coefficient (Wildman–Crippen LogP) is -0.262. The molecule has 0 rings (SSSR count). The van der Waals surface area contributed by atoms with E-state index in [4.69, 9.17) is 5.11 Å². The van der Waals surface area contributed by atoms with Crippen molar-refractivity contribution in [3.8, 4) is 0 Å². The number of hydrogen-bond acceptors (Lipinski definition) is 6. The van der Waals surface area contributed by atoms with Gasteiger partial charge in [-0.05, 0) is 13.8 Å². The van der Waals surface area contributed by atoms with Crippen molar-refractivity contribution in [1.82, 2.24) is 0 Å². The van der Waals surface area contributed by atoms with E-state index in [9.17, 15) is 9.90 Å². The Bertz CT molecular complexity index is 172. The van der Waals surface area contributed by atoms with E-state index in [2.05, 4.69) is 19.6 Å². The van der Waals surface area contributed by atoms with Gasteiger partial charge >= 0.3 is 5.97 Å². The van der Waals surface area contributed by atoms with Crippen molar-refractivity contribution < 1.29 is 34.6 Å². The van der Waals surface area contributed by atoms with E-state index in [1.54, 1.807) is 13.8 Å². The van der Waals surface area contributed by atoms with Crippen LogP contribution in [0.4, 0.5) is 0 Å². The fourth-order valence-electron chi connectivity index (χ4n) is 0.610. The first kappa shape index (κ1) is 14.3. The molecule has 0 aromatic carbocycles. The van der Waals surface area contributed by atoms with Gasteiger partial charge in [-0.1, -0.05) is 0 Å². The van der Waals surface area contributed by atoms with Gasteiger partial charge in [-0.2, -0.15) is 0 Å². The molecule has 7 nitrogen and oxygen atoms in total. The number of carbonyl (C=O) groups is 1. The summed E-state index contributed by atoms with van der Waals surface area (Å²) >= 11 is 0. The Morgan fingerprint density at radius 2 is 1.47 bits per heavy atom. The molecule has 0 saturated carbocycles. The Labute approximate surface area is 87.4 Å². The molecule has 0 aromatic rings. The van der Waals surface area contributed by atoms with Gasteiger partial charge in [0.1, 0.15) is 13.2 Å². The Morgan fingerprint density at radius 1 is 1.07 bits per heavy atom. The summed E-state index contributed by atoms with van der Waals surface area (Å²) in [5.74, 6) is -1.47. The largest absolute Gasteiger partial charge is 0.479 e. The summed E-state index contributed by atoms with van der Waals surface area (Å²) in [6.07, 6.45) is 0. The zero-order valence-corrected chi connectivity index (χ0v) is 8.76. The first-order valence-electron chi connectivity index (χ1n) is 4.51. The lowest BCUT2D eigenvalue weighted by atomic mass is 10.1. The molecule has 0 aliphatic heterocycles. The van der Waals surface area contributed by atoms with Crippen molar-refractivity contribution in [2.24, 2.45) is 0 Å². The number of aliphatic carboxylic acids is 1. The van der Waals surface area contributed by atoms with Crippen molar-refractivity contribution in [2.45, 2.75) is 19.4 Å². The first-order valence-corrected chi connectivity index (χ1v) is 4.51. The third kappa shape index (κ3) is 5.65. The number of hydrogen-bond donors (Lipinski definition) is 2. The molecule has 0 atom stereocenters. The molecular weight excluding hydrogens is 208 g/mol. The van der Waals surface area contributed by atoms with Crippen molar-refractivity contribution >= 4 is 5.97 Å². The lowest BCUT2D eigenvalue weighted by Crippen LogP contribution is -2.47. The summed E-state index contributed by atoms with van der Waals surface area (Å²) in [4.78, 5) is 28.6. The lowest BCUT2D eigenvalue weighted by molar-refractivity contribution is -0.344. The second kappa shape index (κ2) is 7.55. The third-order valence-corrected chi connectivity index (χ3v) is 1.40. The molecule has 0 aliphatic rings. The highest BCUT2D eigenvalue weighted by atomic mass is 17.2. The average molecular weight is 224 g/mol.